The molecule has 0 aliphatic heterocycles. The summed E-state index contributed by atoms with van der Waals surface area (Å²) in [5.74, 6) is 0.955. The van der Waals surface area contributed by atoms with Crippen LogP contribution in [0, 0.1) is 0 Å². The summed E-state index contributed by atoms with van der Waals surface area (Å²) in [6.07, 6.45) is 0. The van der Waals surface area contributed by atoms with Crippen LogP contribution in [-0.4, -0.2) is 4.98 Å². The highest BCUT2D eigenvalue weighted by Gasteiger charge is 2.08. The lowest BCUT2D eigenvalue weighted by atomic mass is 10.0. The molecule has 0 atom stereocenters. The van der Waals surface area contributed by atoms with Crippen molar-refractivity contribution in [3.63, 3.8) is 0 Å². The van der Waals surface area contributed by atoms with Gasteiger partial charge in [-0.05, 0) is 29.7 Å². The number of aromatic nitrogens is 1. The maximum atomic E-state index is 6.09. The second-order valence-corrected chi connectivity index (χ2v) is 5.67. The Bertz CT molecular complexity index is 597. The van der Waals surface area contributed by atoms with Crippen LogP contribution in [0.3, 0.4) is 0 Å². The second-order valence-electron chi connectivity index (χ2n) is 4.50. The number of halogens is 3. The second kappa shape index (κ2) is 6.00. The van der Waals surface area contributed by atoms with Crippen LogP contribution in [0.2, 0.25) is 15.2 Å². The Kier molecular flexibility index (Phi) is 4.56. The van der Waals surface area contributed by atoms with E-state index in [4.69, 9.17) is 34.8 Å². The van der Waals surface area contributed by atoms with E-state index >= 15 is 0 Å². The van der Waals surface area contributed by atoms with Crippen molar-refractivity contribution in [1.82, 2.24) is 4.98 Å². The molecule has 0 aliphatic rings. The maximum Gasteiger partial charge on any atom is 0.151 e. The van der Waals surface area contributed by atoms with Gasteiger partial charge in [-0.25, -0.2) is 4.98 Å². The van der Waals surface area contributed by atoms with Gasteiger partial charge in [0.1, 0.15) is 5.15 Å². The summed E-state index contributed by atoms with van der Waals surface area (Å²) in [4.78, 5) is 4.13. The highest BCUT2D eigenvalue weighted by molar-refractivity contribution is 6.43. The molecule has 5 heteroatoms. The molecule has 1 N–H and O–H groups in total. The molecule has 2 aromatic rings. The topological polar surface area (TPSA) is 24.9 Å². The molecular formula is C14H13Cl3N2. The van der Waals surface area contributed by atoms with Gasteiger partial charge >= 0.3 is 0 Å². The summed E-state index contributed by atoms with van der Waals surface area (Å²) in [6.45, 7) is 4.28. The van der Waals surface area contributed by atoms with E-state index in [2.05, 4.69) is 36.3 Å². The third-order valence-corrected chi connectivity index (χ3v) is 3.66. The molecular weight excluding hydrogens is 303 g/mol. The van der Waals surface area contributed by atoms with E-state index in [0.29, 0.717) is 21.8 Å². The van der Waals surface area contributed by atoms with Crippen molar-refractivity contribution in [3.05, 3.63) is 51.1 Å². The van der Waals surface area contributed by atoms with E-state index in [0.717, 1.165) is 5.69 Å². The van der Waals surface area contributed by atoms with Gasteiger partial charge in [0, 0.05) is 5.69 Å². The van der Waals surface area contributed by atoms with E-state index in [1.807, 2.05) is 12.1 Å². The molecule has 0 saturated carbocycles. The van der Waals surface area contributed by atoms with Crippen molar-refractivity contribution in [2.75, 3.05) is 5.32 Å². The molecule has 1 heterocycles. The SMILES string of the molecule is CC(C)c1cccc(Nc2nc(Cl)c(Cl)cc2Cl)c1. The molecule has 1 aromatic carbocycles. The quantitative estimate of drug-likeness (QED) is 0.712. The minimum absolute atomic E-state index is 0.230. The molecule has 19 heavy (non-hydrogen) atoms. The first-order valence-electron chi connectivity index (χ1n) is 5.86. The van der Waals surface area contributed by atoms with Crippen molar-refractivity contribution in [2.24, 2.45) is 0 Å². The Labute approximate surface area is 127 Å². The number of anilines is 2. The zero-order valence-electron chi connectivity index (χ0n) is 10.5. The molecule has 1 aromatic heterocycles. The summed E-state index contributed by atoms with van der Waals surface area (Å²) in [7, 11) is 0. The average Bonchev–Trinajstić information content (AvgIpc) is 2.36. The summed E-state index contributed by atoms with van der Waals surface area (Å²) >= 11 is 17.8. The molecule has 2 rings (SSSR count). The first-order valence-corrected chi connectivity index (χ1v) is 6.99. The van der Waals surface area contributed by atoms with Crippen LogP contribution in [0.25, 0.3) is 0 Å². The molecule has 2 nitrogen and oxygen atoms in total. The zero-order valence-corrected chi connectivity index (χ0v) is 12.8. The third-order valence-electron chi connectivity index (χ3n) is 2.70. The van der Waals surface area contributed by atoms with Gasteiger partial charge in [0.05, 0.1) is 10.0 Å². The van der Waals surface area contributed by atoms with Crippen molar-refractivity contribution in [1.29, 1.82) is 0 Å². The highest BCUT2D eigenvalue weighted by atomic mass is 35.5. The van der Waals surface area contributed by atoms with Gasteiger partial charge in [0.2, 0.25) is 0 Å². The molecule has 0 spiro atoms. The number of hydrogen-bond donors (Lipinski definition) is 1. The van der Waals surface area contributed by atoms with Crippen LogP contribution < -0.4 is 5.32 Å². The van der Waals surface area contributed by atoms with E-state index in [-0.39, 0.29) is 5.15 Å². The highest BCUT2D eigenvalue weighted by Crippen LogP contribution is 2.31. The molecule has 0 aliphatic carbocycles. The monoisotopic (exact) mass is 314 g/mol. The molecule has 100 valence electrons. The number of benzene rings is 1. The predicted molar refractivity (Wildman–Crippen MR) is 83.1 cm³/mol. The van der Waals surface area contributed by atoms with Crippen LogP contribution in [-0.2, 0) is 0 Å². The van der Waals surface area contributed by atoms with Crippen LogP contribution in [0.5, 0.6) is 0 Å². The fourth-order valence-corrected chi connectivity index (χ4v) is 2.19. The fraction of sp³-hybridized carbons (Fsp3) is 0.214. The normalized spacial score (nSPS) is 10.8. The Morgan fingerprint density at radius 2 is 1.79 bits per heavy atom. The average molecular weight is 316 g/mol. The van der Waals surface area contributed by atoms with Crippen molar-refractivity contribution >= 4 is 46.3 Å². The summed E-state index contributed by atoms with van der Waals surface area (Å²) in [5, 5.41) is 4.15. The van der Waals surface area contributed by atoms with Crippen molar-refractivity contribution < 1.29 is 0 Å². The lowest BCUT2D eigenvalue weighted by Crippen LogP contribution is -1.97. The van der Waals surface area contributed by atoms with Gasteiger partial charge in [0.15, 0.2) is 5.82 Å². The summed E-state index contributed by atoms with van der Waals surface area (Å²) in [6, 6.07) is 9.66. The van der Waals surface area contributed by atoms with Crippen molar-refractivity contribution in [3.8, 4) is 0 Å². The summed E-state index contributed by atoms with van der Waals surface area (Å²) < 4.78 is 0. The van der Waals surface area contributed by atoms with E-state index in [1.165, 1.54) is 5.56 Å². The van der Waals surface area contributed by atoms with Gasteiger partial charge in [-0.3, -0.25) is 0 Å². The number of nitrogens with zero attached hydrogens (tertiary/aromatic N) is 1. The van der Waals surface area contributed by atoms with Crippen LogP contribution >= 0.6 is 34.8 Å². The minimum Gasteiger partial charge on any atom is -0.339 e. The lowest BCUT2D eigenvalue weighted by molar-refractivity contribution is 0.867. The number of pyridine rings is 1. The lowest BCUT2D eigenvalue weighted by Gasteiger charge is -2.11. The third kappa shape index (κ3) is 3.53. The smallest absolute Gasteiger partial charge is 0.151 e. The molecule has 0 unspecified atom stereocenters. The fourth-order valence-electron chi connectivity index (χ4n) is 1.64. The number of rotatable bonds is 3. The largest absolute Gasteiger partial charge is 0.339 e. The Balaban J connectivity index is 2.31. The zero-order chi connectivity index (χ0) is 14.0. The number of nitrogens with one attached hydrogen (secondary N) is 1. The Morgan fingerprint density at radius 1 is 1.05 bits per heavy atom. The Morgan fingerprint density at radius 3 is 2.47 bits per heavy atom. The first kappa shape index (κ1) is 14.4. The van der Waals surface area contributed by atoms with Gasteiger partial charge in [-0.15, -0.1) is 0 Å². The van der Waals surface area contributed by atoms with Gasteiger partial charge in [0.25, 0.3) is 0 Å². The van der Waals surface area contributed by atoms with E-state index in [9.17, 15) is 0 Å². The van der Waals surface area contributed by atoms with Gasteiger partial charge in [-0.2, -0.15) is 0 Å². The standard InChI is InChI=1S/C14H13Cl3N2/c1-8(2)9-4-3-5-10(6-9)18-14-12(16)7-11(15)13(17)19-14/h3-8H,1-2H3,(H,18,19). The van der Waals surface area contributed by atoms with Crippen molar-refractivity contribution in [2.45, 2.75) is 19.8 Å². The predicted octanol–water partition coefficient (Wildman–Crippen LogP) is 5.91. The van der Waals surface area contributed by atoms with Crippen LogP contribution in [0.1, 0.15) is 25.3 Å². The minimum atomic E-state index is 0.230. The van der Waals surface area contributed by atoms with Crippen LogP contribution in [0.4, 0.5) is 11.5 Å². The molecule has 0 amide bonds. The molecule has 0 fully saturated rings. The first-order chi connectivity index (χ1) is 8.97. The van der Waals surface area contributed by atoms with Gasteiger partial charge in [-0.1, -0.05) is 60.8 Å². The van der Waals surface area contributed by atoms with Gasteiger partial charge < -0.3 is 5.32 Å². The maximum absolute atomic E-state index is 6.09. The molecule has 0 saturated heterocycles. The summed E-state index contributed by atoms with van der Waals surface area (Å²) in [5.41, 5.74) is 2.15. The van der Waals surface area contributed by atoms with E-state index < -0.39 is 0 Å². The van der Waals surface area contributed by atoms with Crippen LogP contribution in [0.15, 0.2) is 30.3 Å². The molecule has 0 bridgehead atoms. The van der Waals surface area contributed by atoms with E-state index in [1.54, 1.807) is 6.07 Å². The molecule has 0 radical (unpaired) electrons. The number of hydrogen-bond acceptors (Lipinski definition) is 2. The Hall–Kier alpha value is -0.960.